The molecule has 20 heavy (non-hydrogen) atoms. The average Bonchev–Trinajstić information content (AvgIpc) is 2.99. The van der Waals surface area contributed by atoms with Crippen molar-refractivity contribution in [3.8, 4) is 0 Å². The van der Waals surface area contributed by atoms with E-state index in [2.05, 4.69) is 5.16 Å². The molecule has 7 heteroatoms. The molecule has 3 N–H and O–H groups in total. The van der Waals surface area contributed by atoms with Crippen LogP contribution in [0, 0.1) is 0 Å². The predicted molar refractivity (Wildman–Crippen MR) is 79.1 cm³/mol. The molecule has 0 saturated carbocycles. The maximum Gasteiger partial charge on any atom is 0.225 e. The van der Waals surface area contributed by atoms with Gasteiger partial charge in [-0.2, -0.15) is 11.8 Å². The van der Waals surface area contributed by atoms with Crippen LogP contribution in [0.4, 0.5) is 0 Å². The summed E-state index contributed by atoms with van der Waals surface area (Å²) >= 11 is 1.59. The Morgan fingerprint density at radius 3 is 2.75 bits per heavy atom. The van der Waals surface area contributed by atoms with Crippen molar-refractivity contribution in [2.24, 2.45) is 10.9 Å². The number of ether oxygens (including phenoxy) is 1. The van der Waals surface area contributed by atoms with Crippen molar-refractivity contribution >= 4 is 23.5 Å². The molecule has 2 aliphatic heterocycles. The van der Waals surface area contributed by atoms with Gasteiger partial charge >= 0.3 is 0 Å². The molecule has 2 rings (SSSR count). The van der Waals surface area contributed by atoms with Crippen LogP contribution >= 0.6 is 11.8 Å². The standard InChI is InChI=1S/C13H23N3O3S/c1-20-13(12(14)15-18)4-6-16(7-5-13)11(17)9-10-3-2-8-19-10/h10,18H,2-9H2,1H3,(H2,14,15). The third kappa shape index (κ3) is 3.20. The Labute approximate surface area is 123 Å². The van der Waals surface area contributed by atoms with Gasteiger partial charge in [-0.3, -0.25) is 4.79 Å². The molecule has 2 aliphatic rings. The zero-order valence-corrected chi connectivity index (χ0v) is 12.7. The molecule has 2 heterocycles. The Kier molecular flexibility index (Phi) is 5.15. The van der Waals surface area contributed by atoms with Crippen molar-refractivity contribution in [1.29, 1.82) is 0 Å². The number of rotatable bonds is 4. The Hall–Kier alpha value is -0.950. The molecule has 0 aromatic carbocycles. The Morgan fingerprint density at radius 2 is 2.25 bits per heavy atom. The summed E-state index contributed by atoms with van der Waals surface area (Å²) in [4.78, 5) is 14.1. The predicted octanol–water partition coefficient (Wildman–Crippen LogP) is 1.03. The summed E-state index contributed by atoms with van der Waals surface area (Å²) in [5, 5.41) is 12.1. The number of carbonyl (C=O) groups excluding carboxylic acids is 1. The average molecular weight is 301 g/mol. The van der Waals surface area contributed by atoms with Gasteiger partial charge in [-0.15, -0.1) is 0 Å². The van der Waals surface area contributed by atoms with Gasteiger partial charge in [0.2, 0.25) is 5.91 Å². The van der Waals surface area contributed by atoms with Gasteiger partial charge in [0.1, 0.15) is 0 Å². The summed E-state index contributed by atoms with van der Waals surface area (Å²) in [6, 6.07) is 0. The fraction of sp³-hybridized carbons (Fsp3) is 0.846. The summed E-state index contributed by atoms with van der Waals surface area (Å²) in [7, 11) is 0. The third-order valence-electron chi connectivity index (χ3n) is 4.32. The molecule has 0 spiro atoms. The van der Waals surface area contributed by atoms with E-state index in [1.165, 1.54) is 0 Å². The minimum atomic E-state index is -0.338. The smallest absolute Gasteiger partial charge is 0.225 e. The number of thioether (sulfide) groups is 1. The fourth-order valence-electron chi connectivity index (χ4n) is 2.90. The van der Waals surface area contributed by atoms with E-state index in [-0.39, 0.29) is 22.6 Å². The van der Waals surface area contributed by atoms with Gasteiger partial charge < -0.3 is 20.6 Å². The topological polar surface area (TPSA) is 88.2 Å². The number of hydrogen-bond acceptors (Lipinski definition) is 5. The van der Waals surface area contributed by atoms with Crippen molar-refractivity contribution in [3.63, 3.8) is 0 Å². The largest absolute Gasteiger partial charge is 0.409 e. The molecule has 1 unspecified atom stereocenters. The van der Waals surface area contributed by atoms with Crippen molar-refractivity contribution in [3.05, 3.63) is 0 Å². The molecular weight excluding hydrogens is 278 g/mol. The highest BCUT2D eigenvalue weighted by Gasteiger charge is 2.39. The van der Waals surface area contributed by atoms with E-state index in [0.29, 0.717) is 19.5 Å². The van der Waals surface area contributed by atoms with E-state index in [1.807, 2.05) is 11.2 Å². The Balaban J connectivity index is 1.88. The van der Waals surface area contributed by atoms with E-state index in [9.17, 15) is 4.79 Å². The molecule has 0 aliphatic carbocycles. The first kappa shape index (κ1) is 15.4. The first-order valence-corrected chi connectivity index (χ1v) is 8.26. The maximum atomic E-state index is 12.2. The summed E-state index contributed by atoms with van der Waals surface area (Å²) in [6.45, 7) is 2.09. The number of nitrogens with two attached hydrogens (primary N) is 1. The third-order valence-corrected chi connectivity index (χ3v) is 5.71. The lowest BCUT2D eigenvalue weighted by molar-refractivity contribution is -0.134. The van der Waals surface area contributed by atoms with Crippen molar-refractivity contribution < 1.29 is 14.7 Å². The number of amides is 1. The Bertz CT molecular complexity index is 375. The van der Waals surface area contributed by atoms with Crippen LogP contribution in [-0.4, -0.2) is 58.7 Å². The van der Waals surface area contributed by atoms with Crippen LogP contribution in [0.15, 0.2) is 5.16 Å². The molecule has 2 fully saturated rings. The van der Waals surface area contributed by atoms with Crippen LogP contribution in [0.2, 0.25) is 0 Å². The lowest BCUT2D eigenvalue weighted by atomic mass is 9.94. The molecule has 0 aromatic heterocycles. The highest BCUT2D eigenvalue weighted by atomic mass is 32.2. The number of nitrogens with zero attached hydrogens (tertiary/aromatic N) is 2. The van der Waals surface area contributed by atoms with E-state index < -0.39 is 0 Å². The van der Waals surface area contributed by atoms with E-state index in [0.717, 1.165) is 32.3 Å². The number of carbonyl (C=O) groups is 1. The highest BCUT2D eigenvalue weighted by molar-refractivity contribution is 8.00. The Morgan fingerprint density at radius 1 is 1.55 bits per heavy atom. The lowest BCUT2D eigenvalue weighted by Crippen LogP contribution is -2.51. The minimum Gasteiger partial charge on any atom is -0.409 e. The second-order valence-electron chi connectivity index (χ2n) is 5.40. The van der Waals surface area contributed by atoms with Crippen molar-refractivity contribution in [2.45, 2.75) is 43.0 Å². The molecule has 1 atom stereocenters. The normalized spacial score (nSPS) is 26.8. The lowest BCUT2D eigenvalue weighted by Gasteiger charge is -2.40. The minimum absolute atomic E-state index is 0.0961. The van der Waals surface area contributed by atoms with Crippen LogP contribution in [0.1, 0.15) is 32.1 Å². The number of hydrogen-bond donors (Lipinski definition) is 2. The summed E-state index contributed by atoms with van der Waals surface area (Å²) in [5.41, 5.74) is 5.80. The number of amidine groups is 1. The molecule has 0 bridgehead atoms. The van der Waals surface area contributed by atoms with Crippen molar-refractivity contribution in [1.82, 2.24) is 4.90 Å². The van der Waals surface area contributed by atoms with E-state index in [1.54, 1.807) is 11.8 Å². The SMILES string of the molecule is CSC1(C(N)=NO)CCN(C(=O)CC2CCCO2)CC1. The van der Waals surface area contributed by atoms with Gasteiger partial charge in [0.15, 0.2) is 5.84 Å². The fourth-order valence-corrected chi connectivity index (χ4v) is 3.74. The van der Waals surface area contributed by atoms with Crippen LogP contribution < -0.4 is 5.73 Å². The molecule has 0 aromatic rings. The summed E-state index contributed by atoms with van der Waals surface area (Å²) in [6.07, 6.45) is 6.02. The summed E-state index contributed by atoms with van der Waals surface area (Å²) in [5.74, 6) is 0.419. The van der Waals surface area contributed by atoms with E-state index in [4.69, 9.17) is 15.7 Å². The number of oxime groups is 1. The van der Waals surface area contributed by atoms with Gasteiger partial charge in [-0.25, -0.2) is 0 Å². The second kappa shape index (κ2) is 6.67. The highest BCUT2D eigenvalue weighted by Crippen LogP contribution is 2.35. The number of piperidine rings is 1. The quantitative estimate of drug-likeness (QED) is 0.350. The summed E-state index contributed by atoms with van der Waals surface area (Å²) < 4.78 is 5.17. The molecule has 6 nitrogen and oxygen atoms in total. The van der Waals surface area contributed by atoms with Crippen molar-refractivity contribution in [2.75, 3.05) is 26.0 Å². The maximum absolute atomic E-state index is 12.2. The molecule has 114 valence electrons. The van der Waals surface area contributed by atoms with Crippen LogP contribution in [0.3, 0.4) is 0 Å². The molecule has 1 amide bonds. The number of likely N-dealkylation sites (tertiary alicyclic amines) is 1. The van der Waals surface area contributed by atoms with Crippen LogP contribution in [-0.2, 0) is 9.53 Å². The van der Waals surface area contributed by atoms with Crippen LogP contribution in [0.25, 0.3) is 0 Å². The molecule has 2 saturated heterocycles. The van der Waals surface area contributed by atoms with Gasteiger partial charge in [-0.05, 0) is 31.9 Å². The zero-order chi connectivity index (χ0) is 14.6. The van der Waals surface area contributed by atoms with Gasteiger partial charge in [0.25, 0.3) is 0 Å². The zero-order valence-electron chi connectivity index (χ0n) is 11.9. The first-order valence-electron chi connectivity index (χ1n) is 7.04. The van der Waals surface area contributed by atoms with Crippen LogP contribution in [0.5, 0.6) is 0 Å². The second-order valence-corrected chi connectivity index (χ2v) is 6.59. The van der Waals surface area contributed by atoms with Gasteiger partial charge in [0.05, 0.1) is 17.3 Å². The monoisotopic (exact) mass is 301 g/mol. The first-order chi connectivity index (χ1) is 9.61. The van der Waals surface area contributed by atoms with E-state index >= 15 is 0 Å². The van der Waals surface area contributed by atoms with Gasteiger partial charge in [-0.1, -0.05) is 5.16 Å². The molecular formula is C13H23N3O3S. The van der Waals surface area contributed by atoms with Gasteiger partial charge in [0, 0.05) is 19.7 Å². The molecule has 0 radical (unpaired) electrons.